The molecule has 2 unspecified atom stereocenters. The smallest absolute Gasteiger partial charge is 0.410 e. The van der Waals surface area contributed by atoms with Gasteiger partial charge in [0, 0.05) is 29.1 Å². The number of hydrogen-bond donors (Lipinski definition) is 2. The number of aromatic nitrogens is 2. The zero-order chi connectivity index (χ0) is 31.1. The van der Waals surface area contributed by atoms with Gasteiger partial charge in [-0.1, -0.05) is 54.0 Å². The maximum absolute atomic E-state index is 14.1. The molecule has 43 heavy (non-hydrogen) atoms. The third-order valence-corrected chi connectivity index (χ3v) is 7.60. The third kappa shape index (κ3) is 6.66. The van der Waals surface area contributed by atoms with E-state index in [0.717, 1.165) is 26.3 Å². The lowest BCUT2D eigenvalue weighted by atomic mass is 9.97. The number of hydrogen-bond acceptors (Lipinski definition) is 6. The number of nitro benzene ring substituents is 1. The summed E-state index contributed by atoms with van der Waals surface area (Å²) in [5.74, 6) is -0.0839. The second kappa shape index (κ2) is 11.7. The summed E-state index contributed by atoms with van der Waals surface area (Å²) < 4.78 is 49.9. The summed E-state index contributed by atoms with van der Waals surface area (Å²) in [5.41, 5.74) is 1.85. The molecule has 5 rings (SSSR count). The zero-order valence-corrected chi connectivity index (χ0v) is 24.9. The van der Waals surface area contributed by atoms with Crippen molar-refractivity contribution in [1.29, 1.82) is 0 Å². The van der Waals surface area contributed by atoms with Crippen LogP contribution in [-0.4, -0.2) is 26.8 Å². The molecular formula is C30H27BrF3N5O4. The SMILES string of the molecule is Cc1ccc(C(C)C)c(Oc2cc(NC(=O)c3cc4n(n3)C(C(F)(F)F)CC(c3ccc(Br)cc3)N4)cc([N+](=O)[O-])c2)c1. The number of ether oxygens (including phenoxy) is 1. The van der Waals surface area contributed by atoms with Crippen molar-refractivity contribution in [2.24, 2.45) is 0 Å². The highest BCUT2D eigenvalue weighted by atomic mass is 79.9. The predicted molar refractivity (Wildman–Crippen MR) is 159 cm³/mol. The molecule has 0 radical (unpaired) electrons. The van der Waals surface area contributed by atoms with Gasteiger partial charge in [0.1, 0.15) is 17.3 Å². The van der Waals surface area contributed by atoms with E-state index in [2.05, 4.69) is 31.7 Å². The fraction of sp³-hybridized carbons (Fsp3) is 0.267. The average Bonchev–Trinajstić information content (AvgIpc) is 3.36. The minimum Gasteiger partial charge on any atom is -0.457 e. The van der Waals surface area contributed by atoms with Gasteiger partial charge in [0.15, 0.2) is 11.7 Å². The first-order chi connectivity index (χ1) is 20.3. The van der Waals surface area contributed by atoms with Gasteiger partial charge in [-0.15, -0.1) is 0 Å². The first kappa shape index (κ1) is 30.1. The molecule has 1 aromatic heterocycles. The molecule has 0 saturated heterocycles. The Bertz CT molecular complexity index is 1690. The lowest BCUT2D eigenvalue weighted by molar-refractivity contribution is -0.384. The summed E-state index contributed by atoms with van der Waals surface area (Å²) in [7, 11) is 0. The number of anilines is 2. The molecule has 224 valence electrons. The van der Waals surface area contributed by atoms with Crippen LogP contribution in [0, 0.1) is 17.0 Å². The van der Waals surface area contributed by atoms with Crippen LogP contribution in [0.15, 0.2) is 71.2 Å². The Kier molecular flexibility index (Phi) is 8.19. The van der Waals surface area contributed by atoms with Gasteiger partial charge in [-0.2, -0.15) is 18.3 Å². The van der Waals surface area contributed by atoms with E-state index in [1.54, 1.807) is 24.3 Å². The number of carbonyl (C=O) groups excluding carboxylic acids is 1. The van der Waals surface area contributed by atoms with Crippen molar-refractivity contribution in [3.8, 4) is 11.5 Å². The Balaban J connectivity index is 1.44. The molecule has 2 atom stereocenters. The number of benzene rings is 3. The van der Waals surface area contributed by atoms with Crippen molar-refractivity contribution in [2.75, 3.05) is 10.6 Å². The first-order valence-electron chi connectivity index (χ1n) is 13.4. The molecule has 9 nitrogen and oxygen atoms in total. The number of fused-ring (bicyclic) bond motifs is 1. The number of non-ortho nitro benzene ring substituents is 1. The molecule has 0 bridgehead atoms. The van der Waals surface area contributed by atoms with Gasteiger partial charge >= 0.3 is 6.18 Å². The minimum absolute atomic E-state index is 0.0204. The van der Waals surface area contributed by atoms with Crippen LogP contribution >= 0.6 is 15.9 Å². The number of amides is 1. The summed E-state index contributed by atoms with van der Waals surface area (Å²) in [6.45, 7) is 5.86. The fourth-order valence-electron chi connectivity index (χ4n) is 4.95. The second-order valence-corrected chi connectivity index (χ2v) is 11.5. The molecule has 1 aliphatic heterocycles. The van der Waals surface area contributed by atoms with Gasteiger partial charge in [0.25, 0.3) is 11.6 Å². The molecule has 3 aromatic carbocycles. The first-order valence-corrected chi connectivity index (χ1v) is 14.2. The van der Waals surface area contributed by atoms with E-state index in [-0.39, 0.29) is 41.0 Å². The molecular weight excluding hydrogens is 631 g/mol. The van der Waals surface area contributed by atoms with Crippen LogP contribution in [-0.2, 0) is 0 Å². The number of nitrogens with one attached hydrogen (secondary N) is 2. The fourth-order valence-corrected chi connectivity index (χ4v) is 5.21. The number of carbonyl (C=O) groups is 1. The summed E-state index contributed by atoms with van der Waals surface area (Å²) in [6, 6.07) is 15.0. The Morgan fingerprint density at radius 1 is 1.14 bits per heavy atom. The van der Waals surface area contributed by atoms with Crippen LogP contribution < -0.4 is 15.4 Å². The van der Waals surface area contributed by atoms with Gasteiger partial charge < -0.3 is 15.4 Å². The van der Waals surface area contributed by atoms with Crippen LogP contribution in [0.25, 0.3) is 0 Å². The monoisotopic (exact) mass is 657 g/mol. The van der Waals surface area contributed by atoms with E-state index in [9.17, 15) is 28.1 Å². The van der Waals surface area contributed by atoms with Crippen molar-refractivity contribution < 1.29 is 27.6 Å². The molecule has 1 aliphatic rings. The lowest BCUT2D eigenvalue weighted by Gasteiger charge is -2.33. The summed E-state index contributed by atoms with van der Waals surface area (Å²) >= 11 is 3.33. The molecule has 0 spiro atoms. The van der Waals surface area contributed by atoms with E-state index in [1.165, 1.54) is 18.2 Å². The van der Waals surface area contributed by atoms with E-state index in [1.807, 2.05) is 39.0 Å². The number of alkyl halides is 3. The normalized spacial score (nSPS) is 16.4. The van der Waals surface area contributed by atoms with Crippen molar-refractivity contribution in [1.82, 2.24) is 9.78 Å². The van der Waals surface area contributed by atoms with Crippen LogP contribution in [0.5, 0.6) is 11.5 Å². The van der Waals surface area contributed by atoms with E-state index < -0.39 is 29.1 Å². The second-order valence-electron chi connectivity index (χ2n) is 10.6. The Morgan fingerprint density at radius 3 is 2.51 bits per heavy atom. The van der Waals surface area contributed by atoms with E-state index in [4.69, 9.17) is 4.74 Å². The highest BCUT2D eigenvalue weighted by molar-refractivity contribution is 9.10. The molecule has 4 aromatic rings. The topological polar surface area (TPSA) is 111 Å². The molecule has 0 saturated carbocycles. The quantitative estimate of drug-likeness (QED) is 0.152. The lowest BCUT2D eigenvalue weighted by Crippen LogP contribution is -2.35. The van der Waals surface area contributed by atoms with Crippen molar-refractivity contribution >= 4 is 39.0 Å². The van der Waals surface area contributed by atoms with Crippen LogP contribution in [0.2, 0.25) is 0 Å². The van der Waals surface area contributed by atoms with Gasteiger partial charge in [-0.3, -0.25) is 14.9 Å². The molecule has 0 aliphatic carbocycles. The summed E-state index contributed by atoms with van der Waals surface area (Å²) in [6.07, 6.45) is -4.95. The molecule has 1 amide bonds. The molecule has 13 heteroatoms. The molecule has 2 heterocycles. The number of aryl methyl sites for hydroxylation is 1. The minimum atomic E-state index is -4.62. The van der Waals surface area contributed by atoms with Gasteiger partial charge in [0.2, 0.25) is 0 Å². The van der Waals surface area contributed by atoms with Gasteiger partial charge in [-0.05, 0) is 47.7 Å². The standard InChI is InChI=1S/C30H27BrF3N5O4/c1-16(2)23-9-4-17(3)10-26(23)43-22-12-20(11-21(13-22)39(41)42)35-29(40)25-15-28-36-24(18-5-7-19(31)8-6-18)14-27(30(32,33)34)38(28)37-25/h4-13,15-16,24,27,36H,14H2,1-3H3,(H,35,40). The van der Waals surface area contributed by atoms with Gasteiger partial charge in [-0.25, -0.2) is 4.68 Å². The Labute approximate surface area is 253 Å². The maximum atomic E-state index is 14.1. The maximum Gasteiger partial charge on any atom is 0.410 e. The predicted octanol–water partition coefficient (Wildman–Crippen LogP) is 8.69. The van der Waals surface area contributed by atoms with E-state index >= 15 is 0 Å². The number of rotatable bonds is 7. The van der Waals surface area contributed by atoms with Crippen molar-refractivity contribution in [3.63, 3.8) is 0 Å². The zero-order valence-electron chi connectivity index (χ0n) is 23.3. The third-order valence-electron chi connectivity index (χ3n) is 7.07. The van der Waals surface area contributed by atoms with Crippen LogP contribution in [0.1, 0.15) is 65.4 Å². The number of halogens is 4. The van der Waals surface area contributed by atoms with Crippen LogP contribution in [0.4, 0.5) is 30.4 Å². The molecule has 0 fully saturated rings. The van der Waals surface area contributed by atoms with E-state index in [0.29, 0.717) is 11.3 Å². The Hall–Kier alpha value is -4.39. The molecule has 2 N–H and O–H groups in total. The van der Waals surface area contributed by atoms with Crippen molar-refractivity contribution in [3.05, 3.63) is 104 Å². The number of nitrogens with zero attached hydrogens (tertiary/aromatic N) is 3. The largest absolute Gasteiger partial charge is 0.457 e. The summed E-state index contributed by atoms with van der Waals surface area (Å²) in [5, 5.41) is 21.2. The Morgan fingerprint density at radius 2 is 1.86 bits per heavy atom. The number of nitro groups is 1. The van der Waals surface area contributed by atoms with Crippen LogP contribution in [0.3, 0.4) is 0 Å². The van der Waals surface area contributed by atoms with Gasteiger partial charge in [0.05, 0.1) is 22.7 Å². The highest BCUT2D eigenvalue weighted by Crippen LogP contribution is 2.44. The highest BCUT2D eigenvalue weighted by Gasteiger charge is 2.46. The van der Waals surface area contributed by atoms with Crippen molar-refractivity contribution in [2.45, 2.75) is 51.4 Å². The average molecular weight is 658 g/mol. The summed E-state index contributed by atoms with van der Waals surface area (Å²) in [4.78, 5) is 24.3.